The highest BCUT2D eigenvalue weighted by Gasteiger charge is 2.25. The van der Waals surface area contributed by atoms with Crippen LogP contribution in [0.5, 0.6) is 0 Å². The molecule has 1 fully saturated rings. The molecule has 0 bridgehead atoms. The van der Waals surface area contributed by atoms with Gasteiger partial charge in [-0.3, -0.25) is 14.4 Å². The molecule has 0 saturated carbocycles. The number of fused-ring (bicyclic) bond motifs is 1. The van der Waals surface area contributed by atoms with Gasteiger partial charge in [0.2, 0.25) is 5.43 Å². The van der Waals surface area contributed by atoms with Crippen LogP contribution in [0.15, 0.2) is 29.3 Å². The number of carbonyl (C=O) groups is 4. The van der Waals surface area contributed by atoms with E-state index in [9.17, 15) is 39.2 Å². The van der Waals surface area contributed by atoms with E-state index < -0.39 is 39.8 Å². The molecular formula is C33H41FN6O11S2. The molecular weight excluding hydrogens is 740 g/mol. The number of amides is 1. The summed E-state index contributed by atoms with van der Waals surface area (Å²) in [7, 11) is 2.93. The standard InChI is InChI=1S/C33H41FN6O11S2/c1-3-36-21-24(32(44)45)31(43)23-18-25(34)27(19-26(23)36)37-8-10-38(11-9-37)33(46)51-15-17-53-52-16-14-50-30(42)7-5-4-6-29(41)49-13-12-39-22(2)35-20-28(39)40(47)48/h18-21H,3-17H2,1-2H3,(H,44,45). The van der Waals surface area contributed by atoms with Crippen molar-refractivity contribution in [1.29, 1.82) is 0 Å². The van der Waals surface area contributed by atoms with E-state index in [4.69, 9.17) is 14.2 Å². The third kappa shape index (κ3) is 11.3. The van der Waals surface area contributed by atoms with Gasteiger partial charge in [0.05, 0.1) is 11.2 Å². The second kappa shape index (κ2) is 19.8. The van der Waals surface area contributed by atoms with E-state index in [2.05, 4.69) is 4.98 Å². The molecule has 1 aliphatic heterocycles. The Morgan fingerprint density at radius 2 is 1.60 bits per heavy atom. The second-order valence-electron chi connectivity index (χ2n) is 11.7. The van der Waals surface area contributed by atoms with E-state index in [0.717, 1.165) is 12.3 Å². The maximum Gasteiger partial charge on any atom is 0.409 e. The molecule has 1 saturated heterocycles. The van der Waals surface area contributed by atoms with Crippen LogP contribution >= 0.6 is 21.6 Å². The Morgan fingerprint density at radius 3 is 2.21 bits per heavy atom. The lowest BCUT2D eigenvalue weighted by Crippen LogP contribution is -2.49. The zero-order valence-electron chi connectivity index (χ0n) is 29.3. The van der Waals surface area contributed by atoms with Crippen molar-refractivity contribution in [3.63, 3.8) is 0 Å². The van der Waals surface area contributed by atoms with Crippen molar-refractivity contribution < 1.29 is 47.8 Å². The number of nitrogens with zero attached hydrogens (tertiary/aromatic N) is 6. The number of rotatable bonds is 19. The predicted molar refractivity (Wildman–Crippen MR) is 195 cm³/mol. The summed E-state index contributed by atoms with van der Waals surface area (Å²) < 4.78 is 33.8. The van der Waals surface area contributed by atoms with Crippen LogP contribution in [0.2, 0.25) is 0 Å². The van der Waals surface area contributed by atoms with Gasteiger partial charge in [-0.15, -0.1) is 0 Å². The number of aromatic nitrogens is 3. The number of aromatic carboxylic acids is 1. The van der Waals surface area contributed by atoms with E-state index in [-0.39, 0.29) is 62.1 Å². The first-order chi connectivity index (χ1) is 25.4. The van der Waals surface area contributed by atoms with Crippen LogP contribution in [0.3, 0.4) is 0 Å². The van der Waals surface area contributed by atoms with Gasteiger partial charge < -0.3 is 43.8 Å². The first kappa shape index (κ1) is 40.9. The minimum atomic E-state index is -1.37. The number of hydrogen-bond acceptors (Lipinski definition) is 14. The van der Waals surface area contributed by atoms with E-state index in [0.29, 0.717) is 68.4 Å². The summed E-state index contributed by atoms with van der Waals surface area (Å²) >= 11 is 0. The molecule has 20 heteroatoms. The van der Waals surface area contributed by atoms with Crippen LogP contribution in [0.1, 0.15) is 48.8 Å². The maximum absolute atomic E-state index is 15.1. The molecule has 17 nitrogen and oxygen atoms in total. The van der Waals surface area contributed by atoms with Crippen molar-refractivity contribution >= 4 is 68.0 Å². The molecule has 53 heavy (non-hydrogen) atoms. The van der Waals surface area contributed by atoms with Gasteiger partial charge in [-0.2, -0.15) is 0 Å². The molecule has 1 N–H and O–H groups in total. The summed E-state index contributed by atoms with van der Waals surface area (Å²) in [4.78, 5) is 78.3. The largest absolute Gasteiger partial charge is 0.477 e. The number of anilines is 1. The Labute approximate surface area is 311 Å². The fourth-order valence-electron chi connectivity index (χ4n) is 5.56. The molecule has 0 spiro atoms. The lowest BCUT2D eigenvalue weighted by atomic mass is 10.1. The maximum atomic E-state index is 15.1. The van der Waals surface area contributed by atoms with Crippen molar-refractivity contribution in [2.24, 2.45) is 0 Å². The molecule has 2 aromatic heterocycles. The number of halogens is 1. The fourth-order valence-corrected chi connectivity index (χ4v) is 7.21. The number of hydrogen-bond donors (Lipinski definition) is 1. The summed E-state index contributed by atoms with van der Waals surface area (Å²) in [5, 5.41) is 20.4. The molecule has 0 aliphatic carbocycles. The molecule has 3 aromatic rings. The average Bonchev–Trinajstić information content (AvgIpc) is 3.51. The highest BCUT2D eigenvalue weighted by atomic mass is 33.1. The number of ether oxygens (including phenoxy) is 3. The van der Waals surface area contributed by atoms with Gasteiger partial charge in [0.1, 0.15) is 43.9 Å². The van der Waals surface area contributed by atoms with Crippen molar-refractivity contribution in [1.82, 2.24) is 19.0 Å². The number of carboxylic acid groups (broad SMARTS) is 1. The number of carbonyl (C=O) groups excluding carboxylic acids is 3. The minimum absolute atomic E-state index is 0.00817. The molecule has 4 rings (SSSR count). The van der Waals surface area contributed by atoms with Gasteiger partial charge in [0, 0.05) is 75.6 Å². The van der Waals surface area contributed by atoms with E-state index in [1.807, 2.05) is 0 Å². The van der Waals surface area contributed by atoms with Gasteiger partial charge in [-0.25, -0.2) is 23.5 Å². The van der Waals surface area contributed by atoms with Gasteiger partial charge in [0.15, 0.2) is 5.82 Å². The van der Waals surface area contributed by atoms with Crippen LogP contribution in [-0.4, -0.2) is 111 Å². The number of carboxylic acids is 1. The van der Waals surface area contributed by atoms with Crippen LogP contribution in [0.4, 0.5) is 20.7 Å². The van der Waals surface area contributed by atoms with Crippen molar-refractivity contribution in [3.05, 3.63) is 62.1 Å². The van der Waals surface area contributed by atoms with Gasteiger partial charge in [-0.05, 0) is 36.8 Å². The number of esters is 2. The molecule has 0 atom stereocenters. The zero-order valence-corrected chi connectivity index (χ0v) is 31.0. The minimum Gasteiger partial charge on any atom is -0.477 e. The lowest BCUT2D eigenvalue weighted by molar-refractivity contribution is -0.392. The molecule has 3 heterocycles. The summed E-state index contributed by atoms with van der Waals surface area (Å²) in [5.74, 6) is -1.53. The van der Waals surface area contributed by atoms with Crippen LogP contribution in [0, 0.1) is 22.9 Å². The number of imidazole rings is 1. The fraction of sp³-hybridized carbons (Fsp3) is 0.515. The Bertz CT molecular complexity index is 1860. The zero-order chi connectivity index (χ0) is 38.5. The Balaban J connectivity index is 1.03. The van der Waals surface area contributed by atoms with Gasteiger partial charge in [0.25, 0.3) is 0 Å². The summed E-state index contributed by atoms with van der Waals surface area (Å²) in [6.45, 7) is 5.54. The number of aryl methyl sites for hydroxylation is 2. The molecule has 288 valence electrons. The first-order valence-corrected chi connectivity index (χ1v) is 19.4. The van der Waals surface area contributed by atoms with Crippen LogP contribution < -0.4 is 10.3 Å². The van der Waals surface area contributed by atoms with Crippen molar-refractivity contribution in [3.8, 4) is 0 Å². The van der Waals surface area contributed by atoms with Crippen molar-refractivity contribution in [2.45, 2.75) is 52.6 Å². The smallest absolute Gasteiger partial charge is 0.409 e. The van der Waals surface area contributed by atoms with E-state index in [1.54, 1.807) is 29.4 Å². The predicted octanol–water partition coefficient (Wildman–Crippen LogP) is 4.26. The number of unbranched alkanes of at least 4 members (excludes halogenated alkanes) is 1. The van der Waals surface area contributed by atoms with Gasteiger partial charge >= 0.3 is 29.8 Å². The number of nitro groups is 1. The summed E-state index contributed by atoms with van der Waals surface area (Å²) in [5.41, 5.74) is -0.476. The normalized spacial score (nSPS) is 12.9. The molecule has 0 radical (unpaired) electrons. The Hall–Kier alpha value is -4.85. The number of pyridine rings is 1. The van der Waals surface area contributed by atoms with E-state index in [1.165, 1.54) is 37.3 Å². The van der Waals surface area contributed by atoms with E-state index >= 15 is 4.39 Å². The third-order valence-electron chi connectivity index (χ3n) is 8.31. The highest BCUT2D eigenvalue weighted by Crippen LogP contribution is 2.27. The Kier molecular flexibility index (Phi) is 15.3. The molecule has 1 amide bonds. The van der Waals surface area contributed by atoms with Crippen LogP contribution in [-0.2, 0) is 36.9 Å². The number of benzene rings is 1. The van der Waals surface area contributed by atoms with Gasteiger partial charge in [-0.1, -0.05) is 21.6 Å². The third-order valence-corrected chi connectivity index (χ3v) is 10.6. The van der Waals surface area contributed by atoms with Crippen LogP contribution in [0.25, 0.3) is 10.9 Å². The monoisotopic (exact) mass is 780 g/mol. The Morgan fingerprint density at radius 1 is 0.981 bits per heavy atom. The average molecular weight is 781 g/mol. The number of piperazine rings is 1. The first-order valence-electron chi connectivity index (χ1n) is 16.9. The summed E-state index contributed by atoms with van der Waals surface area (Å²) in [6.07, 6.45) is 3.08. The molecule has 1 aromatic carbocycles. The lowest BCUT2D eigenvalue weighted by Gasteiger charge is -2.35. The quantitative estimate of drug-likeness (QED) is 0.0451. The SMILES string of the molecule is CCn1cc(C(=O)O)c(=O)c2cc(F)c(N3CCN(C(=O)OCCSSCCOC(=O)CCCCC(=O)OCCn4c([N+](=O)[O-])cnc4C)CC3)cc21. The topological polar surface area (TPSA) is 206 Å². The highest BCUT2D eigenvalue weighted by molar-refractivity contribution is 8.76. The second-order valence-corrected chi connectivity index (χ2v) is 14.4. The van der Waals surface area contributed by atoms with Crippen molar-refractivity contribution in [2.75, 3.05) is 62.4 Å². The summed E-state index contributed by atoms with van der Waals surface area (Å²) in [6, 6.07) is 2.62. The molecule has 1 aliphatic rings. The molecule has 0 unspecified atom stereocenters.